The van der Waals surface area contributed by atoms with Gasteiger partial charge in [0.25, 0.3) is 0 Å². The number of aliphatic imine (C=N–C) groups is 1. The van der Waals surface area contributed by atoms with Crippen molar-refractivity contribution < 1.29 is 4.79 Å². The molecule has 1 aliphatic rings. The molecule has 1 saturated heterocycles. The molecule has 0 aromatic carbocycles. The van der Waals surface area contributed by atoms with E-state index in [2.05, 4.69) is 45.9 Å². The highest BCUT2D eigenvalue weighted by molar-refractivity contribution is 5.80. The molecular formula is C22H40N6O. The Morgan fingerprint density at radius 3 is 2.55 bits per heavy atom. The van der Waals surface area contributed by atoms with Gasteiger partial charge in [-0.05, 0) is 52.4 Å². The van der Waals surface area contributed by atoms with Crippen LogP contribution in [0.1, 0.15) is 65.1 Å². The molecule has 2 rings (SSSR count). The Morgan fingerprint density at radius 2 is 1.97 bits per heavy atom. The molecule has 1 fully saturated rings. The van der Waals surface area contributed by atoms with Crippen LogP contribution in [-0.4, -0.2) is 58.5 Å². The molecule has 2 heterocycles. The van der Waals surface area contributed by atoms with Crippen molar-refractivity contribution in [2.24, 2.45) is 10.9 Å². The van der Waals surface area contributed by atoms with Crippen molar-refractivity contribution in [3.63, 3.8) is 0 Å². The van der Waals surface area contributed by atoms with Gasteiger partial charge in [0, 0.05) is 57.1 Å². The van der Waals surface area contributed by atoms with E-state index in [-0.39, 0.29) is 5.92 Å². The van der Waals surface area contributed by atoms with Crippen LogP contribution in [-0.2, 0) is 11.3 Å². The van der Waals surface area contributed by atoms with E-state index in [1.54, 1.807) is 0 Å². The van der Waals surface area contributed by atoms with Crippen LogP contribution in [0.3, 0.4) is 0 Å². The number of nitrogens with one attached hydrogen (secondary N) is 2. The third-order valence-corrected chi connectivity index (χ3v) is 5.83. The summed E-state index contributed by atoms with van der Waals surface area (Å²) >= 11 is 0. The Morgan fingerprint density at radius 1 is 1.24 bits per heavy atom. The Hall–Kier alpha value is -2.05. The van der Waals surface area contributed by atoms with E-state index in [0.717, 1.165) is 83.0 Å². The van der Waals surface area contributed by atoms with Crippen molar-refractivity contribution in [2.45, 2.75) is 78.8 Å². The molecule has 1 amide bonds. The molecule has 0 bridgehead atoms. The number of imidazole rings is 1. The number of carbonyl (C=O) groups excluding carboxylic acids is 1. The standard InChI is InChI=1S/C22H40N6O/c1-5-19(6-2)21(29)28-15-10-20(11-16-28)26-22(23-7-3)25-12-8-9-14-27-17-13-24-18(27)4/h13,17,19-20H,5-12,14-16H2,1-4H3,(H2,23,25,26). The highest BCUT2D eigenvalue weighted by atomic mass is 16.2. The second-order valence-electron chi connectivity index (χ2n) is 7.89. The summed E-state index contributed by atoms with van der Waals surface area (Å²) in [6.45, 7) is 12.7. The maximum absolute atomic E-state index is 12.6. The SMILES string of the molecule is CCNC(=NCCCCn1ccnc1C)NC1CCN(C(=O)C(CC)CC)CC1. The average Bonchev–Trinajstić information content (AvgIpc) is 3.14. The first-order valence-electron chi connectivity index (χ1n) is 11.4. The summed E-state index contributed by atoms with van der Waals surface area (Å²) in [6, 6.07) is 0.382. The zero-order valence-electron chi connectivity index (χ0n) is 18.8. The van der Waals surface area contributed by atoms with Crippen LogP contribution in [0.5, 0.6) is 0 Å². The van der Waals surface area contributed by atoms with Gasteiger partial charge in [0.2, 0.25) is 5.91 Å². The summed E-state index contributed by atoms with van der Waals surface area (Å²) in [6.07, 6.45) is 9.87. The summed E-state index contributed by atoms with van der Waals surface area (Å²) in [5.74, 6) is 2.49. The molecule has 29 heavy (non-hydrogen) atoms. The van der Waals surface area contributed by atoms with Gasteiger partial charge in [-0.2, -0.15) is 0 Å². The lowest BCUT2D eigenvalue weighted by Gasteiger charge is -2.34. The average molecular weight is 405 g/mol. The number of rotatable bonds is 10. The van der Waals surface area contributed by atoms with Gasteiger partial charge < -0.3 is 20.1 Å². The largest absolute Gasteiger partial charge is 0.357 e. The molecule has 7 nitrogen and oxygen atoms in total. The first kappa shape index (κ1) is 23.2. The molecule has 1 aromatic heterocycles. The Kier molecular flexibility index (Phi) is 10.0. The minimum atomic E-state index is 0.185. The number of nitrogens with zero attached hydrogens (tertiary/aromatic N) is 4. The summed E-state index contributed by atoms with van der Waals surface area (Å²) in [4.78, 5) is 23.6. The van der Waals surface area contributed by atoms with Crippen LogP contribution in [0.4, 0.5) is 0 Å². The van der Waals surface area contributed by atoms with Gasteiger partial charge >= 0.3 is 0 Å². The van der Waals surface area contributed by atoms with Crippen LogP contribution >= 0.6 is 0 Å². The molecule has 7 heteroatoms. The van der Waals surface area contributed by atoms with E-state index in [0.29, 0.717) is 11.9 Å². The van der Waals surface area contributed by atoms with Gasteiger partial charge in [-0.1, -0.05) is 13.8 Å². The second-order valence-corrected chi connectivity index (χ2v) is 7.89. The van der Waals surface area contributed by atoms with E-state index in [4.69, 9.17) is 4.99 Å². The molecule has 1 aromatic rings. The van der Waals surface area contributed by atoms with E-state index in [9.17, 15) is 4.79 Å². The molecule has 164 valence electrons. The van der Waals surface area contributed by atoms with Gasteiger partial charge in [-0.15, -0.1) is 0 Å². The highest BCUT2D eigenvalue weighted by Gasteiger charge is 2.26. The Balaban J connectivity index is 1.73. The molecule has 0 spiro atoms. The first-order valence-corrected chi connectivity index (χ1v) is 11.4. The maximum atomic E-state index is 12.6. The number of unbranched alkanes of at least 4 members (excludes halogenated alkanes) is 1. The van der Waals surface area contributed by atoms with Gasteiger partial charge in [0.1, 0.15) is 5.82 Å². The van der Waals surface area contributed by atoms with Crippen molar-refractivity contribution in [3.8, 4) is 0 Å². The number of piperidine rings is 1. The fourth-order valence-corrected chi connectivity index (χ4v) is 3.88. The zero-order chi connectivity index (χ0) is 21.1. The fraction of sp³-hybridized carbons (Fsp3) is 0.773. The summed E-state index contributed by atoms with van der Waals surface area (Å²) in [5, 5.41) is 6.93. The van der Waals surface area contributed by atoms with Gasteiger partial charge in [-0.3, -0.25) is 9.79 Å². The van der Waals surface area contributed by atoms with Crippen LogP contribution in [0.25, 0.3) is 0 Å². The predicted octanol–water partition coefficient (Wildman–Crippen LogP) is 2.95. The first-order chi connectivity index (χ1) is 14.1. The lowest BCUT2D eigenvalue weighted by Crippen LogP contribution is -2.50. The Bertz CT molecular complexity index is 629. The van der Waals surface area contributed by atoms with Crippen LogP contribution in [0.15, 0.2) is 17.4 Å². The van der Waals surface area contributed by atoms with Gasteiger partial charge in [0.05, 0.1) is 0 Å². The number of hydrogen-bond donors (Lipinski definition) is 2. The topological polar surface area (TPSA) is 74.6 Å². The lowest BCUT2D eigenvalue weighted by molar-refractivity contribution is -0.136. The normalized spacial score (nSPS) is 15.8. The van der Waals surface area contributed by atoms with E-state index in [1.807, 2.05) is 19.3 Å². The van der Waals surface area contributed by atoms with Crippen molar-refractivity contribution in [1.29, 1.82) is 0 Å². The quantitative estimate of drug-likeness (QED) is 0.357. The van der Waals surface area contributed by atoms with Crippen LogP contribution < -0.4 is 10.6 Å². The molecule has 0 unspecified atom stereocenters. The number of amides is 1. The van der Waals surface area contributed by atoms with E-state index >= 15 is 0 Å². The van der Waals surface area contributed by atoms with Crippen molar-refractivity contribution in [3.05, 3.63) is 18.2 Å². The predicted molar refractivity (Wildman–Crippen MR) is 119 cm³/mol. The number of likely N-dealkylation sites (tertiary alicyclic amines) is 1. The number of carbonyl (C=O) groups is 1. The van der Waals surface area contributed by atoms with Crippen LogP contribution in [0.2, 0.25) is 0 Å². The number of aromatic nitrogens is 2. The summed E-state index contributed by atoms with van der Waals surface area (Å²) in [5.41, 5.74) is 0. The maximum Gasteiger partial charge on any atom is 0.225 e. The van der Waals surface area contributed by atoms with Crippen molar-refractivity contribution in [1.82, 2.24) is 25.1 Å². The molecule has 0 aliphatic carbocycles. The van der Waals surface area contributed by atoms with Gasteiger partial charge in [-0.25, -0.2) is 4.98 Å². The lowest BCUT2D eigenvalue weighted by atomic mass is 9.98. The summed E-state index contributed by atoms with van der Waals surface area (Å²) in [7, 11) is 0. The summed E-state index contributed by atoms with van der Waals surface area (Å²) < 4.78 is 2.18. The van der Waals surface area contributed by atoms with E-state index < -0.39 is 0 Å². The van der Waals surface area contributed by atoms with Crippen molar-refractivity contribution in [2.75, 3.05) is 26.2 Å². The Labute approximate surface area is 176 Å². The molecule has 0 radical (unpaired) electrons. The third-order valence-electron chi connectivity index (χ3n) is 5.83. The number of aryl methyl sites for hydroxylation is 2. The number of guanidine groups is 1. The smallest absolute Gasteiger partial charge is 0.225 e. The fourth-order valence-electron chi connectivity index (χ4n) is 3.88. The van der Waals surface area contributed by atoms with Crippen LogP contribution in [0, 0.1) is 12.8 Å². The molecule has 0 saturated carbocycles. The second kappa shape index (κ2) is 12.5. The zero-order valence-corrected chi connectivity index (χ0v) is 18.8. The third kappa shape index (κ3) is 7.37. The molecule has 2 N–H and O–H groups in total. The molecular weight excluding hydrogens is 364 g/mol. The molecule has 1 aliphatic heterocycles. The highest BCUT2D eigenvalue weighted by Crippen LogP contribution is 2.17. The van der Waals surface area contributed by atoms with Crippen molar-refractivity contribution >= 4 is 11.9 Å². The van der Waals surface area contributed by atoms with Gasteiger partial charge in [0.15, 0.2) is 5.96 Å². The number of hydrogen-bond acceptors (Lipinski definition) is 3. The van der Waals surface area contributed by atoms with E-state index in [1.165, 1.54) is 0 Å². The monoisotopic (exact) mass is 404 g/mol. The molecule has 0 atom stereocenters. The minimum Gasteiger partial charge on any atom is -0.357 e. The minimum absolute atomic E-state index is 0.185.